The maximum atomic E-state index is 12.0. The van der Waals surface area contributed by atoms with Gasteiger partial charge in [0.05, 0.1) is 31.9 Å². The summed E-state index contributed by atoms with van der Waals surface area (Å²) in [5.74, 6) is -0.697. The van der Waals surface area contributed by atoms with E-state index >= 15 is 0 Å². The first-order valence-electron chi connectivity index (χ1n) is 13.2. The van der Waals surface area contributed by atoms with Crippen LogP contribution in [0.3, 0.4) is 0 Å². The number of methoxy groups -OCH3 is 2. The molecule has 41 heavy (non-hydrogen) atoms. The molecule has 0 aliphatic carbocycles. The zero-order chi connectivity index (χ0) is 28.5. The molecular weight excluding hydrogens is 516 g/mol. The van der Waals surface area contributed by atoms with Gasteiger partial charge in [0.15, 0.2) is 0 Å². The molecule has 0 aliphatic heterocycles. The van der Waals surface area contributed by atoms with Crippen molar-refractivity contribution in [1.82, 2.24) is 9.13 Å². The van der Waals surface area contributed by atoms with Crippen LogP contribution in [0, 0.1) is 0 Å². The van der Waals surface area contributed by atoms with Gasteiger partial charge in [0, 0.05) is 35.5 Å². The largest absolute Gasteiger partial charge is 0.496 e. The number of aromatic nitrogens is 2. The van der Waals surface area contributed by atoms with Crippen LogP contribution in [0.5, 0.6) is 5.75 Å². The molecule has 0 saturated carbocycles. The smallest absolute Gasteiger partial charge is 0.337 e. The van der Waals surface area contributed by atoms with E-state index in [1.54, 1.807) is 37.4 Å². The molecule has 7 heteroatoms. The number of hydrogen-bond acceptors (Lipinski definition) is 4. The van der Waals surface area contributed by atoms with E-state index in [4.69, 9.17) is 9.47 Å². The number of carbonyl (C=O) groups is 2. The van der Waals surface area contributed by atoms with E-state index in [1.807, 2.05) is 18.3 Å². The van der Waals surface area contributed by atoms with Crippen molar-refractivity contribution in [3.05, 3.63) is 126 Å². The molecule has 0 bridgehead atoms. The van der Waals surface area contributed by atoms with Gasteiger partial charge in [-0.25, -0.2) is 9.59 Å². The Morgan fingerprint density at radius 1 is 0.707 bits per heavy atom. The normalized spacial score (nSPS) is 11.2. The van der Waals surface area contributed by atoms with E-state index in [2.05, 4.69) is 63.9 Å². The Morgan fingerprint density at radius 3 is 1.98 bits per heavy atom. The number of carboxylic acids is 1. The van der Waals surface area contributed by atoms with E-state index in [9.17, 15) is 14.7 Å². The first kappa shape index (κ1) is 26.0. The van der Waals surface area contributed by atoms with Gasteiger partial charge in [-0.1, -0.05) is 42.5 Å². The second-order valence-corrected chi connectivity index (χ2v) is 9.96. The van der Waals surface area contributed by atoms with Gasteiger partial charge in [-0.2, -0.15) is 0 Å². The quantitative estimate of drug-likeness (QED) is 0.212. The molecule has 1 N–H and O–H groups in total. The van der Waals surface area contributed by atoms with Gasteiger partial charge in [-0.15, -0.1) is 0 Å². The Morgan fingerprint density at radius 2 is 1.37 bits per heavy atom. The van der Waals surface area contributed by atoms with Gasteiger partial charge in [-0.05, 0) is 76.0 Å². The highest BCUT2D eigenvalue weighted by molar-refractivity contribution is 5.91. The third kappa shape index (κ3) is 5.05. The number of hydrogen-bond donors (Lipinski definition) is 1. The third-order valence-electron chi connectivity index (χ3n) is 7.46. The van der Waals surface area contributed by atoms with Gasteiger partial charge >= 0.3 is 11.9 Å². The molecule has 6 aromatic rings. The Balaban J connectivity index is 1.33. The lowest BCUT2D eigenvalue weighted by molar-refractivity contribution is 0.0599. The van der Waals surface area contributed by atoms with Gasteiger partial charge in [-0.3, -0.25) is 0 Å². The summed E-state index contributed by atoms with van der Waals surface area (Å²) >= 11 is 0. The van der Waals surface area contributed by atoms with Crippen LogP contribution >= 0.6 is 0 Å². The zero-order valence-corrected chi connectivity index (χ0v) is 22.7. The standard InChI is InChI=1S/C34H28N2O5/c1-40-32-19-28(34(39)41-2)10-11-29(32)21-36-15-13-24-7-9-26(18-31(24)36)25-8-6-23-12-14-35(30(23)17-25)20-22-4-3-5-27(16-22)33(37)38/h3-19H,20-21H2,1-2H3,(H,37,38). The second-order valence-electron chi connectivity index (χ2n) is 9.96. The molecule has 0 radical (unpaired) electrons. The van der Waals surface area contributed by atoms with Crippen LogP contribution in [0.15, 0.2) is 103 Å². The van der Waals surface area contributed by atoms with Crippen LogP contribution in [0.25, 0.3) is 32.9 Å². The van der Waals surface area contributed by atoms with Gasteiger partial charge < -0.3 is 23.7 Å². The Bertz CT molecular complexity index is 1930. The fraction of sp³-hybridized carbons (Fsp3) is 0.118. The van der Waals surface area contributed by atoms with Crippen LogP contribution in [0.1, 0.15) is 31.8 Å². The van der Waals surface area contributed by atoms with Crippen molar-refractivity contribution in [2.75, 3.05) is 14.2 Å². The molecule has 0 atom stereocenters. The predicted molar refractivity (Wildman–Crippen MR) is 159 cm³/mol. The molecule has 204 valence electrons. The van der Waals surface area contributed by atoms with Gasteiger partial charge in [0.2, 0.25) is 0 Å². The van der Waals surface area contributed by atoms with Gasteiger partial charge in [0.25, 0.3) is 0 Å². The molecule has 0 spiro atoms. The van der Waals surface area contributed by atoms with E-state index in [0.29, 0.717) is 24.4 Å². The molecule has 0 fully saturated rings. The minimum atomic E-state index is -0.928. The number of esters is 1. The van der Waals surface area contributed by atoms with Crippen LogP contribution in [0.4, 0.5) is 0 Å². The zero-order valence-electron chi connectivity index (χ0n) is 22.7. The second kappa shape index (κ2) is 10.7. The summed E-state index contributed by atoms with van der Waals surface area (Å²) < 4.78 is 14.7. The number of aromatic carboxylic acids is 1. The topological polar surface area (TPSA) is 82.7 Å². The summed E-state index contributed by atoms with van der Waals surface area (Å²) in [7, 11) is 2.96. The monoisotopic (exact) mass is 544 g/mol. The lowest BCUT2D eigenvalue weighted by atomic mass is 10.0. The highest BCUT2D eigenvalue weighted by Gasteiger charge is 2.13. The first-order valence-corrected chi connectivity index (χ1v) is 13.2. The fourth-order valence-electron chi connectivity index (χ4n) is 5.31. The minimum Gasteiger partial charge on any atom is -0.496 e. The lowest BCUT2D eigenvalue weighted by Gasteiger charge is -2.13. The third-order valence-corrected chi connectivity index (χ3v) is 7.46. The maximum absolute atomic E-state index is 12.0. The van der Waals surface area contributed by atoms with Crippen molar-refractivity contribution >= 4 is 33.7 Å². The number of carbonyl (C=O) groups excluding carboxylic acids is 1. The summed E-state index contributed by atoms with van der Waals surface area (Å²) in [5, 5.41) is 11.6. The van der Waals surface area contributed by atoms with Crippen LogP contribution in [-0.4, -0.2) is 40.4 Å². The van der Waals surface area contributed by atoms with Crippen molar-refractivity contribution in [2.24, 2.45) is 0 Å². The Hall–Kier alpha value is -5.30. The number of nitrogens with zero attached hydrogens (tertiary/aromatic N) is 2. The van der Waals surface area contributed by atoms with E-state index in [0.717, 1.165) is 44.1 Å². The van der Waals surface area contributed by atoms with Crippen molar-refractivity contribution in [3.8, 4) is 16.9 Å². The summed E-state index contributed by atoms with van der Waals surface area (Å²) in [4.78, 5) is 23.4. The van der Waals surface area contributed by atoms with E-state index in [1.165, 1.54) is 7.11 Å². The summed E-state index contributed by atoms with van der Waals surface area (Å²) in [5.41, 5.74) is 6.96. The summed E-state index contributed by atoms with van der Waals surface area (Å²) in [6.45, 7) is 1.15. The molecule has 7 nitrogen and oxygen atoms in total. The average molecular weight is 545 g/mol. The maximum Gasteiger partial charge on any atom is 0.337 e. The van der Waals surface area contributed by atoms with Gasteiger partial charge in [0.1, 0.15) is 5.75 Å². The molecule has 2 aromatic heterocycles. The van der Waals surface area contributed by atoms with Crippen molar-refractivity contribution in [1.29, 1.82) is 0 Å². The first-order chi connectivity index (χ1) is 19.9. The number of carboxylic acid groups (broad SMARTS) is 1. The summed E-state index contributed by atoms with van der Waals surface area (Å²) in [6, 6.07) is 29.4. The van der Waals surface area contributed by atoms with Crippen molar-refractivity contribution in [3.63, 3.8) is 0 Å². The minimum absolute atomic E-state index is 0.285. The molecule has 6 rings (SSSR count). The molecule has 0 saturated heterocycles. The molecule has 4 aromatic carbocycles. The van der Waals surface area contributed by atoms with Crippen molar-refractivity contribution in [2.45, 2.75) is 13.1 Å². The highest BCUT2D eigenvalue weighted by Crippen LogP contribution is 2.30. The number of fused-ring (bicyclic) bond motifs is 2. The van der Waals surface area contributed by atoms with Crippen molar-refractivity contribution < 1.29 is 24.2 Å². The number of ether oxygens (including phenoxy) is 2. The average Bonchev–Trinajstić information content (AvgIpc) is 3.60. The molecule has 2 heterocycles. The molecule has 0 amide bonds. The highest BCUT2D eigenvalue weighted by atomic mass is 16.5. The molecular formula is C34H28N2O5. The van der Waals surface area contributed by atoms with E-state index in [-0.39, 0.29) is 5.56 Å². The Kier molecular flexibility index (Phi) is 6.77. The SMILES string of the molecule is COC(=O)c1ccc(Cn2ccc3ccc(-c4ccc5ccn(Cc6cccc(C(=O)O)c6)c5c4)cc32)c(OC)c1. The Labute approximate surface area is 236 Å². The fourth-order valence-corrected chi connectivity index (χ4v) is 5.31. The molecule has 0 unspecified atom stereocenters. The summed E-state index contributed by atoms with van der Waals surface area (Å²) in [6.07, 6.45) is 4.09. The predicted octanol–water partition coefficient (Wildman–Crippen LogP) is 6.85. The van der Waals surface area contributed by atoms with Crippen LogP contribution < -0.4 is 4.74 Å². The van der Waals surface area contributed by atoms with Crippen LogP contribution in [0.2, 0.25) is 0 Å². The number of benzene rings is 4. The number of rotatable bonds is 8. The molecule has 0 aliphatic rings. The van der Waals surface area contributed by atoms with E-state index < -0.39 is 11.9 Å². The lowest BCUT2D eigenvalue weighted by Crippen LogP contribution is -2.05. The van der Waals surface area contributed by atoms with Crippen LogP contribution in [-0.2, 0) is 17.8 Å².